The van der Waals surface area contributed by atoms with Gasteiger partial charge in [-0.05, 0) is 24.6 Å². The largest absolute Gasteiger partial charge is 0.493 e. The lowest BCUT2D eigenvalue weighted by Crippen LogP contribution is -2.16. The summed E-state index contributed by atoms with van der Waals surface area (Å²) in [6, 6.07) is 6.67. The molecule has 0 saturated carbocycles. The van der Waals surface area contributed by atoms with Gasteiger partial charge in [0.15, 0.2) is 11.5 Å². The van der Waals surface area contributed by atoms with Crippen molar-refractivity contribution in [3.63, 3.8) is 0 Å². The quantitative estimate of drug-likeness (QED) is 0.570. The van der Waals surface area contributed by atoms with Crippen LogP contribution >= 0.6 is 11.6 Å². The van der Waals surface area contributed by atoms with Gasteiger partial charge >= 0.3 is 0 Å². The standard InChI is InChI=1S/C22H26ClN5O3/c1-6-10-31-19-15(23)11-14(12-16(19)30-5)20(29)26-18-13-17(22(2,3)4)27-28(18)21-24-8-7-9-25-21/h7-9,11-13H,6,10H2,1-5H3,(H,26,29). The molecule has 1 amide bonds. The Morgan fingerprint density at radius 1 is 1.19 bits per heavy atom. The van der Waals surface area contributed by atoms with Crippen LogP contribution in [-0.2, 0) is 5.41 Å². The molecule has 0 radical (unpaired) electrons. The molecule has 3 aromatic rings. The predicted octanol–water partition coefficient (Wildman–Crippen LogP) is 4.66. The van der Waals surface area contributed by atoms with E-state index < -0.39 is 0 Å². The fourth-order valence-corrected chi connectivity index (χ4v) is 3.04. The minimum atomic E-state index is -0.375. The van der Waals surface area contributed by atoms with Crippen LogP contribution in [0.25, 0.3) is 5.95 Å². The first-order chi connectivity index (χ1) is 14.7. The molecule has 2 heterocycles. The Labute approximate surface area is 186 Å². The van der Waals surface area contributed by atoms with Gasteiger partial charge in [-0.25, -0.2) is 9.97 Å². The summed E-state index contributed by atoms with van der Waals surface area (Å²) in [5.74, 6) is 1.23. The Morgan fingerprint density at radius 3 is 2.52 bits per heavy atom. The molecule has 0 aliphatic rings. The Bertz CT molecular complexity index is 1060. The Kier molecular flexibility index (Phi) is 6.80. The van der Waals surface area contributed by atoms with Crippen molar-refractivity contribution in [3.05, 3.63) is 52.9 Å². The number of nitrogens with zero attached hydrogens (tertiary/aromatic N) is 4. The molecule has 2 aromatic heterocycles. The molecule has 0 aliphatic carbocycles. The molecule has 0 aliphatic heterocycles. The fraction of sp³-hybridized carbons (Fsp3) is 0.364. The highest BCUT2D eigenvalue weighted by Gasteiger charge is 2.23. The number of methoxy groups -OCH3 is 1. The van der Waals surface area contributed by atoms with Crippen LogP contribution in [0.4, 0.5) is 5.82 Å². The maximum atomic E-state index is 13.1. The summed E-state index contributed by atoms with van der Waals surface area (Å²) in [6.07, 6.45) is 4.06. The van der Waals surface area contributed by atoms with Gasteiger partial charge in [-0.3, -0.25) is 4.79 Å². The van der Waals surface area contributed by atoms with Crippen molar-refractivity contribution in [2.45, 2.75) is 39.5 Å². The Morgan fingerprint density at radius 2 is 1.90 bits per heavy atom. The highest BCUT2D eigenvalue weighted by molar-refractivity contribution is 6.32. The number of carbonyl (C=O) groups is 1. The normalized spacial score (nSPS) is 11.3. The van der Waals surface area contributed by atoms with Crippen LogP contribution < -0.4 is 14.8 Å². The van der Waals surface area contributed by atoms with Crippen LogP contribution in [0.2, 0.25) is 5.02 Å². The summed E-state index contributed by atoms with van der Waals surface area (Å²) in [4.78, 5) is 21.5. The average molecular weight is 444 g/mol. The van der Waals surface area contributed by atoms with Crippen molar-refractivity contribution < 1.29 is 14.3 Å². The van der Waals surface area contributed by atoms with Crippen molar-refractivity contribution in [2.75, 3.05) is 19.0 Å². The van der Waals surface area contributed by atoms with Gasteiger partial charge in [-0.15, -0.1) is 0 Å². The molecule has 0 fully saturated rings. The lowest BCUT2D eigenvalue weighted by Gasteiger charge is -2.14. The smallest absolute Gasteiger partial charge is 0.257 e. The molecule has 0 atom stereocenters. The first-order valence-corrected chi connectivity index (χ1v) is 10.3. The summed E-state index contributed by atoms with van der Waals surface area (Å²) in [5, 5.41) is 7.79. The zero-order valence-electron chi connectivity index (χ0n) is 18.3. The van der Waals surface area contributed by atoms with E-state index in [0.29, 0.717) is 40.5 Å². The van der Waals surface area contributed by atoms with Crippen LogP contribution in [0.15, 0.2) is 36.7 Å². The zero-order chi connectivity index (χ0) is 22.6. The van der Waals surface area contributed by atoms with Gasteiger partial charge in [0.1, 0.15) is 5.82 Å². The first kappa shape index (κ1) is 22.6. The molecule has 9 heteroatoms. The van der Waals surface area contributed by atoms with E-state index in [9.17, 15) is 4.79 Å². The first-order valence-electron chi connectivity index (χ1n) is 9.94. The van der Waals surface area contributed by atoms with Gasteiger partial charge in [0.2, 0.25) is 0 Å². The highest BCUT2D eigenvalue weighted by atomic mass is 35.5. The predicted molar refractivity (Wildman–Crippen MR) is 120 cm³/mol. The number of carbonyl (C=O) groups excluding carboxylic acids is 1. The zero-order valence-corrected chi connectivity index (χ0v) is 19.0. The topological polar surface area (TPSA) is 91.2 Å². The van der Waals surface area contributed by atoms with E-state index in [0.717, 1.165) is 12.1 Å². The highest BCUT2D eigenvalue weighted by Crippen LogP contribution is 2.37. The molecule has 3 rings (SSSR count). The number of amides is 1. The number of hydrogen-bond donors (Lipinski definition) is 1. The molecule has 1 N–H and O–H groups in total. The third-order valence-corrected chi connectivity index (χ3v) is 4.68. The van der Waals surface area contributed by atoms with E-state index in [2.05, 4.69) is 20.4 Å². The number of ether oxygens (including phenoxy) is 2. The minimum Gasteiger partial charge on any atom is -0.493 e. The van der Waals surface area contributed by atoms with Crippen molar-refractivity contribution in [1.82, 2.24) is 19.7 Å². The maximum Gasteiger partial charge on any atom is 0.257 e. The van der Waals surface area contributed by atoms with Crippen molar-refractivity contribution in [3.8, 4) is 17.4 Å². The third-order valence-electron chi connectivity index (χ3n) is 4.40. The second kappa shape index (κ2) is 9.34. The van der Waals surface area contributed by atoms with E-state index in [4.69, 9.17) is 21.1 Å². The summed E-state index contributed by atoms with van der Waals surface area (Å²) in [6.45, 7) is 8.60. The van der Waals surface area contributed by atoms with Crippen LogP contribution in [0.3, 0.4) is 0 Å². The Hall–Kier alpha value is -3.13. The molecule has 31 heavy (non-hydrogen) atoms. The van der Waals surface area contributed by atoms with Gasteiger partial charge in [0.25, 0.3) is 11.9 Å². The number of benzene rings is 1. The molecule has 0 unspecified atom stereocenters. The van der Waals surface area contributed by atoms with E-state index in [1.54, 1.807) is 30.6 Å². The van der Waals surface area contributed by atoms with Crippen molar-refractivity contribution in [2.24, 2.45) is 0 Å². The number of nitrogens with one attached hydrogen (secondary N) is 1. The van der Waals surface area contributed by atoms with E-state index >= 15 is 0 Å². The van der Waals surface area contributed by atoms with Gasteiger partial charge in [0.05, 0.1) is 24.4 Å². The number of aromatic nitrogens is 4. The second-order valence-electron chi connectivity index (χ2n) is 7.92. The molecular weight excluding hydrogens is 418 g/mol. The minimum absolute atomic E-state index is 0.232. The molecule has 0 saturated heterocycles. The summed E-state index contributed by atoms with van der Waals surface area (Å²) < 4.78 is 12.5. The number of halogens is 1. The van der Waals surface area contributed by atoms with Crippen LogP contribution in [0.1, 0.15) is 50.2 Å². The maximum absolute atomic E-state index is 13.1. The number of rotatable bonds is 7. The monoisotopic (exact) mass is 443 g/mol. The van der Waals surface area contributed by atoms with Gasteiger partial charge in [-0.2, -0.15) is 9.78 Å². The lowest BCUT2D eigenvalue weighted by molar-refractivity contribution is 0.102. The molecular formula is C22H26ClN5O3. The van der Waals surface area contributed by atoms with Gasteiger partial charge in [-0.1, -0.05) is 39.3 Å². The SMILES string of the molecule is CCCOc1c(Cl)cc(C(=O)Nc2cc(C(C)(C)C)nn2-c2ncccn2)cc1OC. The second-order valence-corrected chi connectivity index (χ2v) is 8.32. The molecule has 0 bridgehead atoms. The van der Waals surface area contributed by atoms with Crippen molar-refractivity contribution >= 4 is 23.3 Å². The molecule has 1 aromatic carbocycles. The van der Waals surface area contributed by atoms with Crippen LogP contribution in [0.5, 0.6) is 11.5 Å². The summed E-state index contributed by atoms with van der Waals surface area (Å²) in [7, 11) is 1.50. The van der Waals surface area contributed by atoms with Crippen LogP contribution in [0, 0.1) is 0 Å². The fourth-order valence-electron chi connectivity index (χ4n) is 2.77. The van der Waals surface area contributed by atoms with E-state index in [-0.39, 0.29) is 11.3 Å². The lowest BCUT2D eigenvalue weighted by atomic mass is 9.92. The third kappa shape index (κ3) is 5.14. The van der Waals surface area contributed by atoms with Gasteiger partial charge < -0.3 is 14.8 Å². The van der Waals surface area contributed by atoms with E-state index in [1.807, 2.05) is 33.8 Å². The van der Waals surface area contributed by atoms with Gasteiger partial charge in [0, 0.05) is 29.4 Å². The Balaban J connectivity index is 1.96. The summed E-state index contributed by atoms with van der Waals surface area (Å²) in [5.41, 5.74) is 0.878. The summed E-state index contributed by atoms with van der Waals surface area (Å²) >= 11 is 6.36. The van der Waals surface area contributed by atoms with Crippen molar-refractivity contribution in [1.29, 1.82) is 0 Å². The number of hydrogen-bond acceptors (Lipinski definition) is 6. The molecule has 164 valence electrons. The van der Waals surface area contributed by atoms with Crippen LogP contribution in [-0.4, -0.2) is 39.4 Å². The van der Waals surface area contributed by atoms with E-state index in [1.165, 1.54) is 11.8 Å². The number of anilines is 1. The molecule has 0 spiro atoms. The average Bonchev–Trinajstić information content (AvgIpc) is 3.17. The molecule has 8 nitrogen and oxygen atoms in total.